The molecule has 0 aromatic heterocycles. The van der Waals surface area contributed by atoms with Gasteiger partial charge in [0.1, 0.15) is 17.5 Å². The molecule has 0 spiro atoms. The van der Waals surface area contributed by atoms with Crippen molar-refractivity contribution in [2.24, 2.45) is 5.92 Å². The fourth-order valence-electron chi connectivity index (χ4n) is 2.87. The second-order valence-corrected chi connectivity index (χ2v) is 6.06. The average molecular weight is 373 g/mol. The van der Waals surface area contributed by atoms with E-state index in [9.17, 15) is 13.2 Å². The monoisotopic (exact) mass is 372 g/mol. The van der Waals surface area contributed by atoms with Crippen LogP contribution in [0.2, 0.25) is 0 Å². The molecule has 23 heavy (non-hydrogen) atoms. The van der Waals surface area contributed by atoms with Gasteiger partial charge in [0.2, 0.25) is 0 Å². The number of nitrogens with zero attached hydrogens (tertiary/aromatic N) is 1. The van der Waals surface area contributed by atoms with Gasteiger partial charge in [-0.25, -0.2) is 13.2 Å². The minimum Gasteiger partial charge on any atom is -0.314 e. The van der Waals surface area contributed by atoms with E-state index in [1.165, 1.54) is 0 Å². The Kier molecular flexibility index (Phi) is 10.2. The molecule has 134 valence electrons. The third kappa shape index (κ3) is 6.14. The standard InChI is InChI=1S/C16H23F3N2.2ClH/c1-11(2)3-4-15(21-7-5-20-6-8-21)16-13(18)9-12(17)10-14(16)19;;/h9-11,15,20H,3-8H2,1-2H3;2*1H/t15-;;/m0../s1. The van der Waals surface area contributed by atoms with Gasteiger partial charge in [-0.2, -0.15) is 0 Å². The van der Waals surface area contributed by atoms with E-state index in [4.69, 9.17) is 0 Å². The Morgan fingerprint density at radius 1 is 1.00 bits per heavy atom. The lowest BCUT2D eigenvalue weighted by Gasteiger charge is -2.36. The van der Waals surface area contributed by atoms with Crippen molar-refractivity contribution in [1.29, 1.82) is 0 Å². The molecule has 1 fully saturated rings. The van der Waals surface area contributed by atoms with Crippen LogP contribution in [0.25, 0.3) is 0 Å². The van der Waals surface area contributed by atoms with E-state index in [0.29, 0.717) is 12.3 Å². The molecule has 7 heteroatoms. The van der Waals surface area contributed by atoms with Crippen molar-refractivity contribution in [3.05, 3.63) is 35.1 Å². The minimum atomic E-state index is -0.864. The van der Waals surface area contributed by atoms with Gasteiger partial charge in [0, 0.05) is 49.9 Å². The molecule has 1 N–H and O–H groups in total. The Balaban J connectivity index is 0.00000242. The first-order chi connectivity index (χ1) is 9.99. The van der Waals surface area contributed by atoms with Gasteiger partial charge in [0.05, 0.1) is 0 Å². The highest BCUT2D eigenvalue weighted by Crippen LogP contribution is 2.32. The maximum Gasteiger partial charge on any atom is 0.133 e. The molecule has 2 nitrogen and oxygen atoms in total. The molecule has 0 saturated carbocycles. The Morgan fingerprint density at radius 3 is 2.00 bits per heavy atom. The van der Waals surface area contributed by atoms with E-state index >= 15 is 0 Å². The normalized spacial score (nSPS) is 16.6. The molecule has 1 saturated heterocycles. The molecule has 1 aliphatic heterocycles. The van der Waals surface area contributed by atoms with E-state index < -0.39 is 17.5 Å². The van der Waals surface area contributed by atoms with E-state index in [2.05, 4.69) is 24.1 Å². The fraction of sp³-hybridized carbons (Fsp3) is 0.625. The van der Waals surface area contributed by atoms with Crippen LogP contribution in [0.3, 0.4) is 0 Å². The first kappa shape index (κ1) is 22.5. The molecule has 0 bridgehead atoms. The lowest BCUT2D eigenvalue weighted by atomic mass is 9.95. The van der Waals surface area contributed by atoms with Crippen LogP contribution in [-0.4, -0.2) is 31.1 Å². The molecule has 0 radical (unpaired) electrons. The Morgan fingerprint density at radius 2 is 1.52 bits per heavy atom. The Hall–Kier alpha value is -0.490. The minimum absolute atomic E-state index is 0. The van der Waals surface area contributed by atoms with Crippen LogP contribution in [0.4, 0.5) is 13.2 Å². The number of benzene rings is 1. The molecule has 1 atom stereocenters. The summed E-state index contributed by atoms with van der Waals surface area (Å²) >= 11 is 0. The summed E-state index contributed by atoms with van der Waals surface area (Å²) in [6.45, 7) is 7.29. The van der Waals surface area contributed by atoms with Crippen molar-refractivity contribution in [2.75, 3.05) is 26.2 Å². The number of hydrogen-bond donors (Lipinski definition) is 1. The van der Waals surface area contributed by atoms with E-state index in [-0.39, 0.29) is 36.4 Å². The van der Waals surface area contributed by atoms with Crippen LogP contribution in [-0.2, 0) is 0 Å². The highest BCUT2D eigenvalue weighted by atomic mass is 35.5. The number of halogens is 5. The molecule has 1 aliphatic rings. The smallest absolute Gasteiger partial charge is 0.133 e. The summed E-state index contributed by atoms with van der Waals surface area (Å²) in [4.78, 5) is 2.10. The second-order valence-electron chi connectivity index (χ2n) is 6.06. The van der Waals surface area contributed by atoms with Crippen LogP contribution in [0.1, 0.15) is 38.3 Å². The van der Waals surface area contributed by atoms with Gasteiger partial charge in [-0.3, -0.25) is 4.90 Å². The average Bonchev–Trinajstić information content (AvgIpc) is 2.42. The van der Waals surface area contributed by atoms with Gasteiger partial charge in [-0.15, -0.1) is 24.8 Å². The summed E-state index contributed by atoms with van der Waals surface area (Å²) in [5.41, 5.74) is 0.0129. The summed E-state index contributed by atoms with van der Waals surface area (Å²) in [7, 11) is 0. The number of hydrogen-bond acceptors (Lipinski definition) is 2. The SMILES string of the molecule is CC(C)CC[C@@H](c1c(F)cc(F)cc1F)N1CCNCC1.Cl.Cl. The van der Waals surface area contributed by atoms with E-state index in [1.807, 2.05) is 0 Å². The second kappa shape index (κ2) is 10.4. The first-order valence-electron chi connectivity index (χ1n) is 7.58. The number of piperazine rings is 1. The summed E-state index contributed by atoms with van der Waals surface area (Å²) in [6, 6.07) is 1.24. The maximum absolute atomic E-state index is 14.1. The molecule has 0 amide bonds. The van der Waals surface area contributed by atoms with Gasteiger partial charge in [0.25, 0.3) is 0 Å². The highest BCUT2D eigenvalue weighted by Gasteiger charge is 2.28. The van der Waals surface area contributed by atoms with Gasteiger partial charge in [0.15, 0.2) is 0 Å². The third-order valence-electron chi connectivity index (χ3n) is 3.99. The predicted octanol–water partition coefficient (Wildman–Crippen LogP) is 4.33. The lowest BCUT2D eigenvalue weighted by molar-refractivity contribution is 0.153. The molecular weight excluding hydrogens is 348 g/mol. The zero-order valence-electron chi connectivity index (χ0n) is 13.4. The summed E-state index contributed by atoms with van der Waals surface area (Å²) in [5, 5.41) is 3.24. The zero-order chi connectivity index (χ0) is 15.4. The van der Waals surface area contributed by atoms with Crippen molar-refractivity contribution in [3.63, 3.8) is 0 Å². The third-order valence-corrected chi connectivity index (χ3v) is 3.99. The molecule has 1 aromatic carbocycles. The topological polar surface area (TPSA) is 15.3 Å². The van der Waals surface area contributed by atoms with E-state index in [1.54, 1.807) is 0 Å². The number of nitrogens with one attached hydrogen (secondary N) is 1. The summed E-state index contributed by atoms with van der Waals surface area (Å²) in [6.07, 6.45) is 1.56. The van der Waals surface area contributed by atoms with Crippen molar-refractivity contribution in [3.8, 4) is 0 Å². The van der Waals surface area contributed by atoms with Crippen molar-refractivity contribution >= 4 is 24.8 Å². The molecule has 1 heterocycles. The summed E-state index contributed by atoms with van der Waals surface area (Å²) < 4.78 is 41.4. The van der Waals surface area contributed by atoms with Crippen LogP contribution in [0.5, 0.6) is 0 Å². The summed E-state index contributed by atoms with van der Waals surface area (Å²) in [5.74, 6) is -1.96. The van der Waals surface area contributed by atoms with Crippen molar-refractivity contribution < 1.29 is 13.2 Å². The van der Waals surface area contributed by atoms with Gasteiger partial charge >= 0.3 is 0 Å². The van der Waals surface area contributed by atoms with Gasteiger partial charge < -0.3 is 5.32 Å². The number of rotatable bonds is 5. The molecule has 0 aliphatic carbocycles. The van der Waals surface area contributed by atoms with Gasteiger partial charge in [-0.05, 0) is 18.8 Å². The predicted molar refractivity (Wildman–Crippen MR) is 92.1 cm³/mol. The van der Waals surface area contributed by atoms with Crippen molar-refractivity contribution in [1.82, 2.24) is 10.2 Å². The Bertz CT molecular complexity index is 457. The zero-order valence-corrected chi connectivity index (χ0v) is 15.1. The fourth-order valence-corrected chi connectivity index (χ4v) is 2.87. The quantitative estimate of drug-likeness (QED) is 0.827. The maximum atomic E-state index is 14.1. The van der Waals surface area contributed by atoms with Crippen LogP contribution in [0.15, 0.2) is 12.1 Å². The highest BCUT2D eigenvalue weighted by molar-refractivity contribution is 5.85. The molecule has 2 rings (SSSR count). The van der Waals surface area contributed by atoms with E-state index in [0.717, 1.165) is 44.7 Å². The van der Waals surface area contributed by atoms with Crippen molar-refractivity contribution in [2.45, 2.75) is 32.7 Å². The van der Waals surface area contributed by atoms with Gasteiger partial charge in [-0.1, -0.05) is 13.8 Å². The first-order valence-corrected chi connectivity index (χ1v) is 7.58. The largest absolute Gasteiger partial charge is 0.314 e. The van der Waals surface area contributed by atoms with Crippen LogP contribution >= 0.6 is 24.8 Å². The van der Waals surface area contributed by atoms with Crippen LogP contribution < -0.4 is 5.32 Å². The molecular formula is C16H25Cl2F3N2. The van der Waals surface area contributed by atoms with Crippen LogP contribution in [0, 0.1) is 23.4 Å². The molecule has 1 aromatic rings. The Labute approximate surface area is 148 Å². The lowest BCUT2D eigenvalue weighted by Crippen LogP contribution is -2.45. The molecule has 0 unspecified atom stereocenters.